The van der Waals surface area contributed by atoms with Crippen molar-refractivity contribution in [2.75, 3.05) is 7.11 Å². The lowest BCUT2D eigenvalue weighted by atomic mass is 10.2. The van der Waals surface area contributed by atoms with Gasteiger partial charge in [0.2, 0.25) is 0 Å². The number of hydrogen-bond donors (Lipinski definition) is 1. The molecule has 4 nitrogen and oxygen atoms in total. The Morgan fingerprint density at radius 2 is 2.38 bits per heavy atom. The van der Waals surface area contributed by atoms with Crippen LogP contribution in [0.4, 0.5) is 0 Å². The third kappa shape index (κ3) is 1.25. The van der Waals surface area contributed by atoms with Gasteiger partial charge >= 0.3 is 6.08 Å². The molecular formula is C9H10N2O2. The standard InChI is InChI=1S/C9H10N2O2/c1-12-9-11-8-6(5-10)3-2-4-7(8)13-9/h2-4H,5,10H2,1H3. The lowest BCUT2D eigenvalue weighted by Gasteiger charge is -1.93. The van der Waals surface area contributed by atoms with Crippen LogP contribution < -0.4 is 10.5 Å². The monoisotopic (exact) mass is 178 g/mol. The summed E-state index contributed by atoms with van der Waals surface area (Å²) in [6.45, 7) is 0.451. The molecule has 0 saturated carbocycles. The minimum absolute atomic E-state index is 0.274. The predicted molar refractivity (Wildman–Crippen MR) is 48.5 cm³/mol. The zero-order valence-corrected chi connectivity index (χ0v) is 7.28. The lowest BCUT2D eigenvalue weighted by Crippen LogP contribution is -1.96. The molecule has 68 valence electrons. The van der Waals surface area contributed by atoms with Gasteiger partial charge in [0.15, 0.2) is 5.58 Å². The van der Waals surface area contributed by atoms with Crippen molar-refractivity contribution >= 4 is 11.1 Å². The molecule has 0 fully saturated rings. The van der Waals surface area contributed by atoms with Crippen LogP contribution in [0.15, 0.2) is 22.6 Å². The Bertz CT molecular complexity index is 422. The second-order valence-electron chi connectivity index (χ2n) is 2.65. The number of methoxy groups -OCH3 is 1. The molecule has 0 unspecified atom stereocenters. The topological polar surface area (TPSA) is 61.3 Å². The molecule has 0 spiro atoms. The van der Waals surface area contributed by atoms with Crippen molar-refractivity contribution in [3.63, 3.8) is 0 Å². The van der Waals surface area contributed by atoms with Crippen molar-refractivity contribution in [2.24, 2.45) is 5.73 Å². The average Bonchev–Trinajstić information content (AvgIpc) is 2.59. The summed E-state index contributed by atoms with van der Waals surface area (Å²) in [5, 5.41) is 0. The highest BCUT2D eigenvalue weighted by atomic mass is 16.6. The largest absolute Gasteiger partial charge is 0.453 e. The van der Waals surface area contributed by atoms with Gasteiger partial charge in [0.1, 0.15) is 5.52 Å². The molecule has 0 radical (unpaired) electrons. The highest BCUT2D eigenvalue weighted by Crippen LogP contribution is 2.22. The Balaban J connectivity index is 2.67. The summed E-state index contributed by atoms with van der Waals surface area (Å²) in [4.78, 5) is 4.13. The summed E-state index contributed by atoms with van der Waals surface area (Å²) >= 11 is 0. The van der Waals surface area contributed by atoms with E-state index in [0.29, 0.717) is 12.1 Å². The van der Waals surface area contributed by atoms with E-state index in [1.807, 2.05) is 18.2 Å². The fourth-order valence-corrected chi connectivity index (χ4v) is 1.24. The van der Waals surface area contributed by atoms with E-state index < -0.39 is 0 Å². The summed E-state index contributed by atoms with van der Waals surface area (Å²) < 4.78 is 10.2. The van der Waals surface area contributed by atoms with Gasteiger partial charge in [-0.05, 0) is 11.6 Å². The smallest absolute Gasteiger partial charge is 0.394 e. The summed E-state index contributed by atoms with van der Waals surface area (Å²) in [7, 11) is 1.52. The molecule has 0 saturated heterocycles. The van der Waals surface area contributed by atoms with Gasteiger partial charge in [0, 0.05) is 6.54 Å². The molecule has 4 heteroatoms. The summed E-state index contributed by atoms with van der Waals surface area (Å²) in [5.41, 5.74) is 7.99. The van der Waals surface area contributed by atoms with Crippen LogP contribution in [0.25, 0.3) is 11.1 Å². The number of benzene rings is 1. The average molecular weight is 178 g/mol. The molecule has 2 aromatic rings. The number of fused-ring (bicyclic) bond motifs is 1. The Hall–Kier alpha value is -1.55. The van der Waals surface area contributed by atoms with E-state index in [-0.39, 0.29) is 6.08 Å². The van der Waals surface area contributed by atoms with Crippen molar-refractivity contribution in [3.8, 4) is 6.08 Å². The van der Waals surface area contributed by atoms with Crippen LogP contribution in [0.3, 0.4) is 0 Å². The number of aromatic nitrogens is 1. The third-order valence-corrected chi connectivity index (χ3v) is 1.88. The Morgan fingerprint density at radius 3 is 3.08 bits per heavy atom. The number of oxazole rings is 1. The Kier molecular flexibility index (Phi) is 1.90. The maximum Gasteiger partial charge on any atom is 0.394 e. The molecule has 13 heavy (non-hydrogen) atoms. The quantitative estimate of drug-likeness (QED) is 0.752. The minimum Gasteiger partial charge on any atom is -0.453 e. The predicted octanol–water partition coefficient (Wildman–Crippen LogP) is 1.30. The van der Waals surface area contributed by atoms with E-state index in [1.54, 1.807) is 0 Å². The van der Waals surface area contributed by atoms with Gasteiger partial charge in [-0.2, -0.15) is 4.98 Å². The first-order valence-corrected chi connectivity index (χ1v) is 3.97. The first kappa shape index (κ1) is 8.07. The number of ether oxygens (including phenoxy) is 1. The molecule has 0 atom stereocenters. The van der Waals surface area contributed by atoms with Gasteiger partial charge in [-0.15, -0.1) is 0 Å². The van der Waals surface area contributed by atoms with Gasteiger partial charge < -0.3 is 14.9 Å². The van der Waals surface area contributed by atoms with Crippen molar-refractivity contribution in [3.05, 3.63) is 23.8 Å². The number of hydrogen-bond acceptors (Lipinski definition) is 4. The van der Waals surface area contributed by atoms with Crippen LogP contribution in [0.5, 0.6) is 6.08 Å². The van der Waals surface area contributed by atoms with E-state index in [1.165, 1.54) is 7.11 Å². The van der Waals surface area contributed by atoms with E-state index in [2.05, 4.69) is 4.98 Å². The molecule has 0 amide bonds. The Morgan fingerprint density at radius 1 is 1.54 bits per heavy atom. The minimum atomic E-state index is 0.274. The number of rotatable bonds is 2. The fraction of sp³-hybridized carbons (Fsp3) is 0.222. The van der Waals surface area contributed by atoms with Crippen LogP contribution >= 0.6 is 0 Å². The second-order valence-corrected chi connectivity index (χ2v) is 2.65. The summed E-state index contributed by atoms with van der Waals surface area (Å²) in [5.74, 6) is 0. The first-order chi connectivity index (χ1) is 6.35. The van der Waals surface area contributed by atoms with Crippen LogP contribution in [0.1, 0.15) is 5.56 Å². The van der Waals surface area contributed by atoms with Gasteiger partial charge in [-0.1, -0.05) is 12.1 Å². The van der Waals surface area contributed by atoms with Crippen molar-refractivity contribution < 1.29 is 9.15 Å². The van der Waals surface area contributed by atoms with Crippen molar-refractivity contribution in [1.82, 2.24) is 4.98 Å². The molecule has 0 bridgehead atoms. The van der Waals surface area contributed by atoms with Gasteiger partial charge in [0.25, 0.3) is 0 Å². The zero-order valence-electron chi connectivity index (χ0n) is 7.28. The van der Waals surface area contributed by atoms with Crippen LogP contribution in [-0.4, -0.2) is 12.1 Å². The van der Waals surface area contributed by atoms with Crippen molar-refractivity contribution in [2.45, 2.75) is 6.54 Å². The first-order valence-electron chi connectivity index (χ1n) is 3.97. The molecule has 1 aromatic carbocycles. The van der Waals surface area contributed by atoms with Gasteiger partial charge in [0.05, 0.1) is 7.11 Å². The van der Waals surface area contributed by atoms with Gasteiger partial charge in [-0.25, -0.2) is 0 Å². The lowest BCUT2D eigenvalue weighted by molar-refractivity contribution is 0.299. The van der Waals surface area contributed by atoms with E-state index in [4.69, 9.17) is 14.9 Å². The molecule has 1 heterocycles. The molecule has 2 N–H and O–H groups in total. The maximum atomic E-state index is 5.54. The van der Waals surface area contributed by atoms with Crippen LogP contribution in [0, 0.1) is 0 Å². The van der Waals surface area contributed by atoms with Crippen LogP contribution in [0.2, 0.25) is 0 Å². The normalized spacial score (nSPS) is 10.6. The van der Waals surface area contributed by atoms with Crippen molar-refractivity contribution in [1.29, 1.82) is 0 Å². The molecule has 0 aliphatic heterocycles. The number of nitrogens with two attached hydrogens (primary N) is 1. The van der Waals surface area contributed by atoms with E-state index >= 15 is 0 Å². The van der Waals surface area contributed by atoms with E-state index in [0.717, 1.165) is 11.1 Å². The van der Waals surface area contributed by atoms with E-state index in [9.17, 15) is 0 Å². The molecule has 1 aromatic heterocycles. The summed E-state index contributed by atoms with van der Waals surface area (Å²) in [6, 6.07) is 5.64. The molecule has 2 rings (SSSR count). The molecule has 0 aliphatic rings. The van der Waals surface area contributed by atoms with Crippen LogP contribution in [-0.2, 0) is 6.54 Å². The third-order valence-electron chi connectivity index (χ3n) is 1.88. The molecular weight excluding hydrogens is 168 g/mol. The second kappa shape index (κ2) is 3.06. The van der Waals surface area contributed by atoms with Gasteiger partial charge in [-0.3, -0.25) is 0 Å². The summed E-state index contributed by atoms with van der Waals surface area (Å²) in [6.07, 6.45) is 0.274. The maximum absolute atomic E-state index is 5.54. The zero-order chi connectivity index (χ0) is 9.26. The highest BCUT2D eigenvalue weighted by molar-refractivity contribution is 5.76. The number of nitrogens with zero attached hydrogens (tertiary/aromatic N) is 1. The Labute approximate surface area is 75.3 Å². The SMILES string of the molecule is COc1nc2c(CN)cccc2o1. The fourth-order valence-electron chi connectivity index (χ4n) is 1.24. The number of para-hydroxylation sites is 1. The molecule has 0 aliphatic carbocycles. The highest BCUT2D eigenvalue weighted by Gasteiger charge is 2.07.